The van der Waals surface area contributed by atoms with Gasteiger partial charge in [0.05, 0.1) is 0 Å². The highest BCUT2D eigenvalue weighted by molar-refractivity contribution is 7.59. The minimum absolute atomic E-state index is 0.149. The highest BCUT2D eigenvalue weighted by Gasteiger charge is 2.44. The van der Waals surface area contributed by atoms with Gasteiger partial charge in [-0.05, 0) is 43.1 Å². The summed E-state index contributed by atoms with van der Waals surface area (Å²) in [6.45, 7) is 5.68. The third-order valence-electron chi connectivity index (χ3n) is 8.07. The first kappa shape index (κ1) is 31.3. The van der Waals surface area contributed by atoms with E-state index in [1.54, 1.807) is 6.92 Å². The molecule has 0 bridgehead atoms. The number of aryl methyl sites for hydroxylation is 1. The molecule has 1 N–H and O–H groups in total. The van der Waals surface area contributed by atoms with E-state index in [1.165, 1.54) is 16.9 Å². The number of amides is 1. The lowest BCUT2D eigenvalue weighted by Crippen LogP contribution is -2.42. The normalized spacial score (nSPS) is 22.4. The molecule has 2 fully saturated rings. The predicted molar refractivity (Wildman–Crippen MR) is 151 cm³/mol. The molecule has 4 atom stereocenters. The summed E-state index contributed by atoms with van der Waals surface area (Å²) in [5.74, 6) is -1.61. The second-order valence-electron chi connectivity index (χ2n) is 11.5. The molecule has 1 aliphatic carbocycles. The fourth-order valence-corrected chi connectivity index (χ4v) is 8.10. The zero-order chi connectivity index (χ0) is 28.4. The molecular formula is C30H46NO7P. The van der Waals surface area contributed by atoms with Crippen LogP contribution in [0.4, 0.5) is 0 Å². The smallest absolute Gasteiger partial charge is 0.326 e. The number of unbranched alkanes of at least 4 members (excludes halogenated alkanes) is 1. The molecule has 1 aliphatic heterocycles. The average molecular weight is 564 g/mol. The van der Waals surface area contributed by atoms with Crippen molar-refractivity contribution < 1.29 is 33.3 Å². The molecule has 218 valence electrons. The third-order valence-corrected chi connectivity index (χ3v) is 10.4. The number of rotatable bonds is 14. The minimum Gasteiger partial charge on any atom is -0.480 e. The van der Waals surface area contributed by atoms with Crippen LogP contribution in [0.1, 0.15) is 84.1 Å². The molecule has 8 nitrogen and oxygen atoms in total. The van der Waals surface area contributed by atoms with E-state index in [0.29, 0.717) is 25.3 Å². The summed E-state index contributed by atoms with van der Waals surface area (Å²) in [6.07, 6.45) is 7.12. The number of aliphatic carboxylic acids is 1. The minimum atomic E-state index is -3.60. The molecule has 1 amide bonds. The highest BCUT2D eigenvalue weighted by atomic mass is 31.2. The van der Waals surface area contributed by atoms with Crippen LogP contribution in [0, 0.1) is 17.8 Å². The number of carbonyl (C=O) groups excluding carboxylic acids is 2. The van der Waals surface area contributed by atoms with Gasteiger partial charge in [-0.2, -0.15) is 0 Å². The first-order valence-electron chi connectivity index (χ1n) is 14.6. The van der Waals surface area contributed by atoms with Gasteiger partial charge in [-0.15, -0.1) is 0 Å². The number of esters is 1. The van der Waals surface area contributed by atoms with E-state index in [0.717, 1.165) is 38.5 Å². The van der Waals surface area contributed by atoms with Crippen molar-refractivity contribution in [2.45, 2.75) is 97.3 Å². The van der Waals surface area contributed by atoms with Crippen molar-refractivity contribution in [1.82, 2.24) is 4.90 Å². The molecule has 2 aliphatic rings. The van der Waals surface area contributed by atoms with Crippen LogP contribution in [0.25, 0.3) is 0 Å². The zero-order valence-electron chi connectivity index (χ0n) is 23.8. The van der Waals surface area contributed by atoms with Gasteiger partial charge in [0.2, 0.25) is 19.6 Å². The Hall–Kier alpha value is -2.18. The number of carboxylic acids is 1. The summed E-state index contributed by atoms with van der Waals surface area (Å²) in [4.78, 5) is 39.2. The van der Waals surface area contributed by atoms with Crippen LogP contribution in [0.2, 0.25) is 0 Å². The van der Waals surface area contributed by atoms with Crippen LogP contribution in [0.3, 0.4) is 0 Å². The molecule has 1 aromatic carbocycles. The van der Waals surface area contributed by atoms with Gasteiger partial charge in [0.15, 0.2) is 0 Å². The number of carbonyl (C=O) groups is 3. The maximum absolute atomic E-state index is 14.2. The lowest BCUT2D eigenvalue weighted by Gasteiger charge is -2.30. The lowest BCUT2D eigenvalue weighted by atomic mass is 9.79. The van der Waals surface area contributed by atoms with Crippen LogP contribution < -0.4 is 0 Å². The van der Waals surface area contributed by atoms with Gasteiger partial charge in [0.1, 0.15) is 12.2 Å². The summed E-state index contributed by atoms with van der Waals surface area (Å²) in [6, 6.07) is 9.10. The van der Waals surface area contributed by atoms with E-state index in [9.17, 15) is 24.1 Å². The third kappa shape index (κ3) is 9.46. The van der Waals surface area contributed by atoms with Crippen molar-refractivity contribution in [1.29, 1.82) is 0 Å². The van der Waals surface area contributed by atoms with E-state index in [-0.39, 0.29) is 30.6 Å². The largest absolute Gasteiger partial charge is 0.480 e. The summed E-state index contributed by atoms with van der Waals surface area (Å²) >= 11 is 0. The van der Waals surface area contributed by atoms with E-state index >= 15 is 0 Å². The van der Waals surface area contributed by atoms with Crippen LogP contribution in [-0.4, -0.2) is 59.1 Å². The Morgan fingerprint density at radius 3 is 2.36 bits per heavy atom. The fraction of sp³-hybridized carbons (Fsp3) is 0.700. The second kappa shape index (κ2) is 15.0. The van der Waals surface area contributed by atoms with Gasteiger partial charge >= 0.3 is 11.9 Å². The number of hydrogen-bond acceptors (Lipinski definition) is 6. The fourth-order valence-electron chi connectivity index (χ4n) is 5.80. The predicted octanol–water partition coefficient (Wildman–Crippen LogP) is 6.12. The molecule has 0 aromatic heterocycles. The first-order chi connectivity index (χ1) is 18.6. The molecule has 3 rings (SSSR count). The molecule has 1 saturated carbocycles. The monoisotopic (exact) mass is 563 g/mol. The van der Waals surface area contributed by atoms with E-state index < -0.39 is 37.5 Å². The number of nitrogens with zero attached hydrogens (tertiary/aromatic N) is 1. The van der Waals surface area contributed by atoms with Gasteiger partial charge in [-0.25, -0.2) is 4.79 Å². The van der Waals surface area contributed by atoms with Crippen LogP contribution in [0.15, 0.2) is 30.3 Å². The van der Waals surface area contributed by atoms with E-state index in [1.807, 2.05) is 44.2 Å². The maximum Gasteiger partial charge on any atom is 0.326 e. The molecule has 3 unspecified atom stereocenters. The molecule has 9 heteroatoms. The second-order valence-corrected chi connectivity index (χ2v) is 14.1. The topological polar surface area (TPSA) is 110 Å². The van der Waals surface area contributed by atoms with Crippen molar-refractivity contribution >= 4 is 25.2 Å². The Balaban J connectivity index is 1.73. The first-order valence-corrected chi connectivity index (χ1v) is 16.6. The number of hydrogen-bond donors (Lipinski definition) is 1. The molecule has 1 aromatic rings. The summed E-state index contributed by atoms with van der Waals surface area (Å²) in [5, 5.41) is 9.92. The van der Waals surface area contributed by atoms with Crippen LogP contribution in [0.5, 0.6) is 0 Å². The number of ether oxygens (including phenoxy) is 1. The lowest BCUT2D eigenvalue weighted by molar-refractivity contribution is -0.169. The van der Waals surface area contributed by atoms with Gasteiger partial charge in [0, 0.05) is 25.0 Å². The SMILES string of the molecule is CCC(=O)OC(O[P@](=O)(CCCCc1ccccc1)CC(=O)N1CC(C2CCCCC2)CC1C(=O)O)C(C)C. The van der Waals surface area contributed by atoms with Crippen molar-refractivity contribution in [3.05, 3.63) is 35.9 Å². The summed E-state index contributed by atoms with van der Waals surface area (Å²) < 4.78 is 25.7. The molecule has 39 heavy (non-hydrogen) atoms. The van der Waals surface area contributed by atoms with Crippen molar-refractivity contribution in [2.24, 2.45) is 17.8 Å². The summed E-state index contributed by atoms with van der Waals surface area (Å²) in [7, 11) is -3.60. The van der Waals surface area contributed by atoms with Crippen molar-refractivity contribution in [2.75, 3.05) is 18.9 Å². The van der Waals surface area contributed by atoms with Crippen molar-refractivity contribution in [3.63, 3.8) is 0 Å². The number of likely N-dealkylation sites (tertiary alicyclic amines) is 1. The van der Waals surface area contributed by atoms with Crippen molar-refractivity contribution in [3.8, 4) is 0 Å². The molecule has 1 heterocycles. The molecule has 0 spiro atoms. The van der Waals surface area contributed by atoms with Crippen LogP contribution in [-0.2, 0) is 34.6 Å². The van der Waals surface area contributed by atoms with E-state index in [4.69, 9.17) is 9.26 Å². The number of benzene rings is 1. The van der Waals surface area contributed by atoms with E-state index in [2.05, 4.69) is 0 Å². The summed E-state index contributed by atoms with van der Waals surface area (Å²) in [5.41, 5.74) is 1.18. The van der Waals surface area contributed by atoms with Crippen LogP contribution >= 0.6 is 7.37 Å². The standard InChI is InChI=1S/C30H46NO7P/c1-4-28(33)37-30(22(2)3)38-39(36,18-12-11-15-23-13-7-5-8-14-23)21-27(32)31-20-25(19-26(31)29(34)35)24-16-9-6-10-17-24/h5,7-8,13-14,22,24-26,30H,4,6,9-12,15-21H2,1-3H3,(H,34,35)/t25?,26?,30?,39-/m1/s1. The molecule has 1 saturated heterocycles. The van der Waals surface area contributed by atoms with Gasteiger partial charge in [-0.3, -0.25) is 18.7 Å². The Kier molecular flexibility index (Phi) is 12.1. The Labute approximate surface area is 233 Å². The quantitative estimate of drug-likeness (QED) is 0.126. The van der Waals surface area contributed by atoms with Gasteiger partial charge < -0.3 is 14.7 Å². The highest BCUT2D eigenvalue weighted by Crippen LogP contribution is 2.51. The zero-order valence-corrected chi connectivity index (χ0v) is 24.7. The maximum atomic E-state index is 14.2. The average Bonchev–Trinajstić information content (AvgIpc) is 3.38. The Morgan fingerprint density at radius 1 is 1.05 bits per heavy atom. The molecule has 0 radical (unpaired) electrons. The van der Waals surface area contributed by atoms with Gasteiger partial charge in [0.25, 0.3) is 0 Å². The Morgan fingerprint density at radius 2 is 1.74 bits per heavy atom. The number of carboxylic acid groups (broad SMARTS) is 1. The molecular weight excluding hydrogens is 517 g/mol. The van der Waals surface area contributed by atoms with Gasteiger partial charge in [-0.1, -0.05) is 83.2 Å². The Bertz CT molecular complexity index is 992.